The number of phenols is 3. The Kier molecular flexibility index (Phi) is 8.48. The second-order valence-electron chi connectivity index (χ2n) is 10.4. The van der Waals surface area contributed by atoms with Gasteiger partial charge in [-0.25, -0.2) is 0 Å². The van der Waals surface area contributed by atoms with Crippen LogP contribution in [0.2, 0.25) is 0 Å². The van der Waals surface area contributed by atoms with Gasteiger partial charge in [0, 0.05) is 12.1 Å². The van der Waals surface area contributed by atoms with Crippen LogP contribution >= 0.6 is 0 Å². The molecule has 5 rings (SSSR count). The Morgan fingerprint density at radius 2 is 1.48 bits per heavy atom. The molecule has 15 heteroatoms. The van der Waals surface area contributed by atoms with E-state index in [4.69, 9.17) is 23.7 Å². The number of fused-ring (bicyclic) bond motifs is 1. The van der Waals surface area contributed by atoms with Crippen LogP contribution in [0.15, 0.2) is 30.3 Å². The molecule has 0 saturated carbocycles. The predicted octanol–water partition coefficient (Wildman–Crippen LogP) is -1.46. The number of Topliss-reactive ketones (excluding diaryl/α,β-unsaturated/α-hetero) is 1. The number of hydrogen-bond acceptors (Lipinski definition) is 15. The molecule has 2 saturated heterocycles. The van der Waals surface area contributed by atoms with Crippen LogP contribution in [0.4, 0.5) is 0 Å². The van der Waals surface area contributed by atoms with Gasteiger partial charge < -0.3 is 69.6 Å². The lowest BCUT2D eigenvalue weighted by Gasteiger charge is -2.42. The van der Waals surface area contributed by atoms with Crippen molar-refractivity contribution in [3.63, 3.8) is 0 Å². The standard InChI is InChI=1S/C27H32O15/c1-9-20(32)22(34)24(36)26(39-9)38-8-18-21(33)23(35)25(37)27(42-18)40-11-5-14(30)19-15(31)7-16(41-17(19)6-11)10-2-3-12(28)13(29)4-10/h2-6,9,16,18,20-30,32-37H,7-8H2,1H3/t9-,16+,18+,20-,21+,22+,23-,24+,25+,26+,27+/m0/s1. The zero-order valence-electron chi connectivity index (χ0n) is 22.1. The van der Waals surface area contributed by atoms with Crippen LogP contribution < -0.4 is 9.47 Å². The summed E-state index contributed by atoms with van der Waals surface area (Å²) in [5, 5.41) is 91.3. The predicted molar refractivity (Wildman–Crippen MR) is 136 cm³/mol. The molecule has 2 fully saturated rings. The summed E-state index contributed by atoms with van der Waals surface area (Å²) in [6.45, 7) is 0.949. The van der Waals surface area contributed by atoms with E-state index in [9.17, 15) is 50.8 Å². The van der Waals surface area contributed by atoms with E-state index in [1.54, 1.807) is 0 Å². The molecule has 230 valence electrons. The van der Waals surface area contributed by atoms with Crippen molar-refractivity contribution in [2.75, 3.05) is 6.61 Å². The minimum Gasteiger partial charge on any atom is -0.507 e. The number of carbonyl (C=O) groups is 1. The van der Waals surface area contributed by atoms with E-state index in [1.165, 1.54) is 31.2 Å². The Hall–Kier alpha value is -3.25. The molecule has 0 bridgehead atoms. The largest absolute Gasteiger partial charge is 0.507 e. The van der Waals surface area contributed by atoms with Gasteiger partial charge in [0.05, 0.1) is 19.1 Å². The number of aromatic hydroxyl groups is 3. The Morgan fingerprint density at radius 1 is 0.786 bits per heavy atom. The average Bonchev–Trinajstić information content (AvgIpc) is 2.95. The molecule has 0 aromatic heterocycles. The lowest BCUT2D eigenvalue weighted by molar-refractivity contribution is -0.318. The Bertz CT molecular complexity index is 1300. The molecule has 2 aromatic rings. The molecule has 3 heterocycles. The highest BCUT2D eigenvalue weighted by atomic mass is 16.7. The first-order valence-corrected chi connectivity index (χ1v) is 13.1. The SMILES string of the molecule is C[C@@H]1O[C@@H](OC[C@H]2O[C@@H](Oc3cc(O)c4c(c3)O[C@@H](c3ccc(O)c(O)c3)CC4=O)[C@H](O)[C@@H](O)[C@@H]2O)[C@H](O)[C@H](O)[C@H]1O. The van der Waals surface area contributed by atoms with E-state index in [0.29, 0.717) is 5.56 Å². The van der Waals surface area contributed by atoms with Crippen LogP contribution in [-0.2, 0) is 14.2 Å². The third kappa shape index (κ3) is 5.70. The van der Waals surface area contributed by atoms with Crippen molar-refractivity contribution in [2.24, 2.45) is 0 Å². The summed E-state index contributed by atoms with van der Waals surface area (Å²) in [5.74, 6) is -1.96. The molecule has 42 heavy (non-hydrogen) atoms. The number of phenolic OH excluding ortho intramolecular Hbond substituents is 3. The fraction of sp³-hybridized carbons (Fsp3) is 0.519. The van der Waals surface area contributed by atoms with Crippen molar-refractivity contribution in [1.29, 1.82) is 0 Å². The number of ether oxygens (including phenoxy) is 5. The second-order valence-corrected chi connectivity index (χ2v) is 10.4. The number of rotatable bonds is 6. The first-order chi connectivity index (χ1) is 19.8. The van der Waals surface area contributed by atoms with Crippen LogP contribution in [0.1, 0.15) is 35.4 Å². The molecule has 0 unspecified atom stereocenters. The van der Waals surface area contributed by atoms with E-state index in [-0.39, 0.29) is 29.2 Å². The number of aliphatic hydroxyl groups is 6. The summed E-state index contributed by atoms with van der Waals surface area (Å²) in [5.41, 5.74) is 0.255. The van der Waals surface area contributed by atoms with E-state index in [1.807, 2.05) is 0 Å². The highest BCUT2D eigenvalue weighted by molar-refractivity contribution is 6.02. The Balaban J connectivity index is 1.30. The average molecular weight is 597 g/mol. The summed E-state index contributed by atoms with van der Waals surface area (Å²) in [4.78, 5) is 12.8. The highest BCUT2D eigenvalue weighted by Crippen LogP contribution is 2.43. The maximum absolute atomic E-state index is 12.8. The molecular weight excluding hydrogens is 564 g/mol. The smallest absolute Gasteiger partial charge is 0.229 e. The molecule has 9 N–H and O–H groups in total. The molecule has 0 radical (unpaired) electrons. The van der Waals surface area contributed by atoms with Crippen LogP contribution in [0.3, 0.4) is 0 Å². The first kappa shape index (κ1) is 30.2. The highest BCUT2D eigenvalue weighted by Gasteiger charge is 2.47. The van der Waals surface area contributed by atoms with Gasteiger partial charge in [0.25, 0.3) is 0 Å². The summed E-state index contributed by atoms with van der Waals surface area (Å²) >= 11 is 0. The zero-order chi connectivity index (χ0) is 30.5. The van der Waals surface area contributed by atoms with Gasteiger partial charge >= 0.3 is 0 Å². The molecule has 0 aliphatic carbocycles. The summed E-state index contributed by atoms with van der Waals surface area (Å²) in [6, 6.07) is 6.26. The number of ketones is 1. The van der Waals surface area contributed by atoms with E-state index in [2.05, 4.69) is 0 Å². The summed E-state index contributed by atoms with van der Waals surface area (Å²) in [6.07, 6.45) is -16.1. The van der Waals surface area contributed by atoms with Crippen molar-refractivity contribution < 1.29 is 74.4 Å². The van der Waals surface area contributed by atoms with Crippen LogP contribution in [0.25, 0.3) is 0 Å². The van der Waals surface area contributed by atoms with Gasteiger partial charge in [0.2, 0.25) is 6.29 Å². The third-order valence-corrected chi connectivity index (χ3v) is 7.50. The van der Waals surface area contributed by atoms with Crippen molar-refractivity contribution >= 4 is 5.78 Å². The van der Waals surface area contributed by atoms with Gasteiger partial charge in [0.15, 0.2) is 23.6 Å². The first-order valence-electron chi connectivity index (χ1n) is 13.1. The summed E-state index contributed by atoms with van der Waals surface area (Å²) in [7, 11) is 0. The molecular formula is C27H32O15. The van der Waals surface area contributed by atoms with Gasteiger partial charge in [-0.05, 0) is 24.6 Å². The Labute approximate surface area is 238 Å². The molecule has 3 aliphatic heterocycles. The molecule has 0 amide bonds. The normalized spacial score (nSPS) is 36.6. The van der Waals surface area contributed by atoms with Gasteiger partial charge in [-0.2, -0.15) is 0 Å². The van der Waals surface area contributed by atoms with Crippen LogP contribution in [-0.4, -0.2) is 120 Å². The van der Waals surface area contributed by atoms with E-state index in [0.717, 1.165) is 6.07 Å². The fourth-order valence-corrected chi connectivity index (χ4v) is 5.04. The van der Waals surface area contributed by atoms with Gasteiger partial charge in [-0.1, -0.05) is 6.07 Å². The third-order valence-electron chi connectivity index (χ3n) is 7.50. The number of carbonyl (C=O) groups excluding carboxylic acids is 1. The maximum atomic E-state index is 12.8. The topological polar surface area (TPSA) is 245 Å². The number of benzene rings is 2. The zero-order valence-corrected chi connectivity index (χ0v) is 22.1. The van der Waals surface area contributed by atoms with Crippen LogP contribution in [0, 0.1) is 0 Å². The summed E-state index contributed by atoms with van der Waals surface area (Å²) < 4.78 is 27.9. The van der Waals surface area contributed by atoms with Crippen molar-refractivity contribution in [3.8, 4) is 28.7 Å². The lowest BCUT2D eigenvalue weighted by Crippen LogP contribution is -2.61. The number of aliphatic hydroxyl groups excluding tert-OH is 6. The monoisotopic (exact) mass is 596 g/mol. The van der Waals surface area contributed by atoms with Gasteiger partial charge in [-0.15, -0.1) is 0 Å². The quantitative estimate of drug-likeness (QED) is 0.173. The van der Waals surface area contributed by atoms with Crippen molar-refractivity contribution in [2.45, 2.75) is 80.9 Å². The lowest BCUT2D eigenvalue weighted by atomic mass is 9.95. The van der Waals surface area contributed by atoms with E-state index < -0.39 is 91.4 Å². The minimum atomic E-state index is -1.78. The minimum absolute atomic E-state index is 0.0807. The Morgan fingerprint density at radius 3 is 2.19 bits per heavy atom. The van der Waals surface area contributed by atoms with Gasteiger partial charge in [0.1, 0.15) is 71.6 Å². The van der Waals surface area contributed by atoms with E-state index >= 15 is 0 Å². The fourth-order valence-electron chi connectivity index (χ4n) is 5.04. The number of hydrogen-bond donors (Lipinski definition) is 9. The maximum Gasteiger partial charge on any atom is 0.229 e. The van der Waals surface area contributed by atoms with Gasteiger partial charge in [-0.3, -0.25) is 4.79 Å². The molecule has 15 nitrogen and oxygen atoms in total. The second kappa shape index (κ2) is 11.8. The molecule has 11 atom stereocenters. The van der Waals surface area contributed by atoms with Crippen LogP contribution in [0.5, 0.6) is 28.7 Å². The molecule has 2 aromatic carbocycles. The molecule has 0 spiro atoms. The molecule has 3 aliphatic rings. The van der Waals surface area contributed by atoms with Crippen molar-refractivity contribution in [1.82, 2.24) is 0 Å². The van der Waals surface area contributed by atoms with Crippen molar-refractivity contribution in [3.05, 3.63) is 41.5 Å².